The van der Waals surface area contributed by atoms with Gasteiger partial charge >= 0.3 is 0 Å². The predicted octanol–water partition coefficient (Wildman–Crippen LogP) is 4.24. The van der Waals surface area contributed by atoms with Crippen molar-refractivity contribution in [3.63, 3.8) is 0 Å². The molecule has 1 aliphatic heterocycles. The Hall–Kier alpha value is -3.19. The molecule has 1 heterocycles. The van der Waals surface area contributed by atoms with Crippen molar-refractivity contribution in [1.29, 1.82) is 0 Å². The summed E-state index contributed by atoms with van der Waals surface area (Å²) in [5.74, 6) is -3.16. The van der Waals surface area contributed by atoms with E-state index in [9.17, 15) is 22.8 Å². The lowest BCUT2D eigenvalue weighted by Gasteiger charge is -2.30. The van der Waals surface area contributed by atoms with Crippen LogP contribution < -0.4 is 0 Å². The van der Waals surface area contributed by atoms with Crippen LogP contribution in [0.4, 0.5) is 13.2 Å². The third-order valence-electron chi connectivity index (χ3n) is 5.29. The number of nitrogens with zero attached hydrogens (tertiary/aromatic N) is 2. The normalized spacial score (nSPS) is 17.0. The van der Waals surface area contributed by atoms with Crippen LogP contribution in [0.2, 0.25) is 0 Å². The molecule has 0 aromatic heterocycles. The highest BCUT2D eigenvalue weighted by Gasteiger charge is 2.29. The van der Waals surface area contributed by atoms with Crippen molar-refractivity contribution in [2.45, 2.75) is 13.3 Å². The standard InChI is InChI=1S/C25H25F3N2O2/c1-16-6-4-7-17(23(16)27)12-19-14-30(22(31)10-11-29(2)3)15-20(25(19)32)13-18-8-5-9-21(26)24(18)28/h4-9,12-13H,10-11,14-15H2,1-3H3/b19-12+,20-13+. The smallest absolute Gasteiger partial charge is 0.224 e. The summed E-state index contributed by atoms with van der Waals surface area (Å²) in [6.07, 6.45) is 2.91. The van der Waals surface area contributed by atoms with E-state index in [2.05, 4.69) is 0 Å². The summed E-state index contributed by atoms with van der Waals surface area (Å²) >= 11 is 0. The lowest BCUT2D eigenvalue weighted by atomic mass is 9.93. The zero-order valence-electron chi connectivity index (χ0n) is 18.3. The topological polar surface area (TPSA) is 40.6 Å². The van der Waals surface area contributed by atoms with E-state index in [0.717, 1.165) is 6.07 Å². The van der Waals surface area contributed by atoms with Crippen molar-refractivity contribution in [2.75, 3.05) is 33.7 Å². The van der Waals surface area contributed by atoms with Gasteiger partial charge in [0.05, 0.1) is 0 Å². The molecule has 1 aliphatic rings. The fourth-order valence-electron chi connectivity index (χ4n) is 3.48. The third-order valence-corrected chi connectivity index (χ3v) is 5.29. The van der Waals surface area contributed by atoms with Crippen molar-refractivity contribution in [3.8, 4) is 0 Å². The van der Waals surface area contributed by atoms with Crippen molar-refractivity contribution in [3.05, 3.63) is 81.7 Å². The molecule has 1 fully saturated rings. The molecule has 0 saturated carbocycles. The number of benzene rings is 2. The average molecular weight is 442 g/mol. The van der Waals surface area contributed by atoms with Gasteiger partial charge in [0.2, 0.25) is 5.91 Å². The Labute approximate surface area is 185 Å². The molecule has 2 aromatic carbocycles. The highest BCUT2D eigenvalue weighted by atomic mass is 19.2. The zero-order chi connectivity index (χ0) is 23.4. The first-order chi connectivity index (χ1) is 15.2. The van der Waals surface area contributed by atoms with Crippen LogP contribution in [-0.2, 0) is 9.59 Å². The fourth-order valence-corrected chi connectivity index (χ4v) is 3.48. The highest BCUT2D eigenvalue weighted by molar-refractivity contribution is 6.15. The van der Waals surface area contributed by atoms with Crippen molar-refractivity contribution in [2.24, 2.45) is 0 Å². The Morgan fingerprint density at radius 2 is 1.53 bits per heavy atom. The van der Waals surface area contributed by atoms with Gasteiger partial charge in [-0.3, -0.25) is 9.59 Å². The van der Waals surface area contributed by atoms with Crippen LogP contribution in [0.3, 0.4) is 0 Å². The van der Waals surface area contributed by atoms with Crippen LogP contribution in [0.1, 0.15) is 23.1 Å². The van der Waals surface area contributed by atoms with Crippen molar-refractivity contribution in [1.82, 2.24) is 9.80 Å². The highest BCUT2D eigenvalue weighted by Crippen LogP contribution is 2.25. The van der Waals surface area contributed by atoms with E-state index in [1.807, 2.05) is 19.0 Å². The van der Waals surface area contributed by atoms with Crippen LogP contribution >= 0.6 is 0 Å². The molecule has 0 N–H and O–H groups in total. The molecular weight excluding hydrogens is 417 g/mol. The number of rotatable bonds is 5. The Bertz CT molecular complexity index is 1030. The number of aryl methyl sites for hydroxylation is 1. The molecule has 32 heavy (non-hydrogen) atoms. The number of halogens is 3. The Morgan fingerprint density at radius 1 is 0.969 bits per heavy atom. The molecule has 7 heteroatoms. The second-order valence-electron chi connectivity index (χ2n) is 8.09. The lowest BCUT2D eigenvalue weighted by Crippen LogP contribution is -2.42. The minimum atomic E-state index is -1.07. The minimum absolute atomic E-state index is 0.0153. The second-order valence-corrected chi connectivity index (χ2v) is 8.09. The van der Waals surface area contributed by atoms with Gasteiger partial charge in [0.1, 0.15) is 5.82 Å². The number of Topliss-reactive ketones (excluding diaryl/α,β-unsaturated/α-hetero) is 1. The van der Waals surface area contributed by atoms with Gasteiger partial charge in [0.25, 0.3) is 0 Å². The third kappa shape index (κ3) is 5.34. The molecule has 0 atom stereocenters. The number of ketones is 1. The number of carbonyl (C=O) groups excluding carboxylic acids is 2. The number of hydrogen-bond acceptors (Lipinski definition) is 3. The summed E-state index contributed by atoms with van der Waals surface area (Å²) in [7, 11) is 3.69. The van der Waals surface area contributed by atoms with Crippen molar-refractivity contribution >= 4 is 23.8 Å². The van der Waals surface area contributed by atoms with E-state index in [-0.39, 0.29) is 47.7 Å². The molecule has 0 unspecified atom stereocenters. The lowest BCUT2D eigenvalue weighted by molar-refractivity contribution is -0.131. The van der Waals surface area contributed by atoms with Gasteiger partial charge in [-0.05, 0) is 44.8 Å². The Morgan fingerprint density at radius 3 is 2.12 bits per heavy atom. The monoisotopic (exact) mass is 442 g/mol. The molecule has 168 valence electrons. The van der Waals surface area contributed by atoms with Crippen LogP contribution in [0.15, 0.2) is 47.5 Å². The summed E-state index contributed by atoms with van der Waals surface area (Å²) in [4.78, 5) is 29.3. The van der Waals surface area contributed by atoms with Gasteiger partial charge in [-0.15, -0.1) is 0 Å². The largest absolute Gasteiger partial charge is 0.334 e. The molecule has 3 rings (SSSR count). The Balaban J connectivity index is 2.02. The quantitative estimate of drug-likeness (QED) is 0.651. The van der Waals surface area contributed by atoms with E-state index in [4.69, 9.17) is 0 Å². The molecule has 0 bridgehead atoms. The summed E-state index contributed by atoms with van der Waals surface area (Å²) in [5.41, 5.74) is 0.920. The van der Waals surface area contributed by atoms with E-state index >= 15 is 0 Å². The summed E-state index contributed by atoms with van der Waals surface area (Å²) in [6.45, 7) is 2.12. The number of piperidine rings is 1. The minimum Gasteiger partial charge on any atom is -0.334 e. The van der Waals surface area contributed by atoms with E-state index in [1.165, 1.54) is 29.2 Å². The van der Waals surface area contributed by atoms with Gasteiger partial charge < -0.3 is 9.80 Å². The van der Waals surface area contributed by atoms with Crippen LogP contribution in [-0.4, -0.2) is 55.2 Å². The van der Waals surface area contributed by atoms with Gasteiger partial charge in [-0.1, -0.05) is 30.3 Å². The van der Waals surface area contributed by atoms with Gasteiger partial charge in [0.15, 0.2) is 17.4 Å². The fraction of sp³-hybridized carbons (Fsp3) is 0.280. The number of amides is 1. The first kappa shape index (κ1) is 23.5. The molecule has 0 radical (unpaired) electrons. The maximum atomic E-state index is 14.5. The maximum Gasteiger partial charge on any atom is 0.224 e. The molecule has 0 spiro atoms. The summed E-state index contributed by atoms with van der Waals surface area (Å²) < 4.78 is 42.4. The van der Waals surface area contributed by atoms with Gasteiger partial charge in [-0.2, -0.15) is 0 Å². The first-order valence-electron chi connectivity index (χ1n) is 10.2. The average Bonchev–Trinajstić information content (AvgIpc) is 2.75. The number of carbonyl (C=O) groups is 2. The molecular formula is C25H25F3N2O2. The predicted molar refractivity (Wildman–Crippen MR) is 118 cm³/mol. The van der Waals surface area contributed by atoms with E-state index in [1.54, 1.807) is 25.1 Å². The molecule has 1 saturated heterocycles. The molecule has 2 aromatic rings. The van der Waals surface area contributed by atoms with Crippen molar-refractivity contribution < 1.29 is 22.8 Å². The van der Waals surface area contributed by atoms with Gasteiger partial charge in [0, 0.05) is 48.3 Å². The van der Waals surface area contributed by atoms with Crippen LogP contribution in [0.25, 0.3) is 12.2 Å². The van der Waals surface area contributed by atoms with Crippen LogP contribution in [0, 0.1) is 24.4 Å². The number of likely N-dealkylation sites (tertiary alicyclic amines) is 1. The molecule has 0 aliphatic carbocycles. The van der Waals surface area contributed by atoms with Gasteiger partial charge in [-0.25, -0.2) is 13.2 Å². The first-order valence-corrected chi connectivity index (χ1v) is 10.2. The summed E-state index contributed by atoms with van der Waals surface area (Å²) in [5, 5.41) is 0. The molecule has 4 nitrogen and oxygen atoms in total. The summed E-state index contributed by atoms with van der Waals surface area (Å²) in [6, 6.07) is 8.53. The number of hydrogen-bond donors (Lipinski definition) is 0. The maximum absolute atomic E-state index is 14.5. The van der Waals surface area contributed by atoms with E-state index in [0.29, 0.717) is 12.1 Å². The van der Waals surface area contributed by atoms with E-state index < -0.39 is 23.2 Å². The zero-order valence-corrected chi connectivity index (χ0v) is 18.3. The molecule has 1 amide bonds. The Kier molecular flexibility index (Phi) is 7.30. The SMILES string of the molecule is Cc1cccc(/C=C2\CN(C(=O)CCN(C)C)C/C(=C\c3cccc(F)c3F)C2=O)c1F. The second kappa shape index (κ2) is 9.96. The van der Waals surface area contributed by atoms with Crippen LogP contribution in [0.5, 0.6) is 0 Å².